The van der Waals surface area contributed by atoms with Crippen molar-refractivity contribution in [3.8, 4) is 5.75 Å². The summed E-state index contributed by atoms with van der Waals surface area (Å²) in [6, 6.07) is 16.2. The smallest absolute Gasteiger partial charge is 0.122 e. The van der Waals surface area contributed by atoms with Crippen LogP contribution in [0.5, 0.6) is 5.75 Å². The van der Waals surface area contributed by atoms with Crippen molar-refractivity contribution in [1.82, 2.24) is 5.32 Å². The normalized spacial score (nSPS) is 18.6. The Balaban J connectivity index is 1.68. The Morgan fingerprint density at radius 1 is 1.14 bits per heavy atom. The second-order valence-corrected chi connectivity index (χ2v) is 6.34. The maximum absolute atomic E-state index is 5.49. The standard InChI is InChI=1S/C20H25NO/c1-14-7-9-16(10-8-14)15(2)21-18-11-12-19-17(13-18)5-4-6-20(19)22-3/h4-10,15,18,21H,11-13H2,1-3H3/t15-,18?/m1/s1. The highest BCUT2D eigenvalue weighted by molar-refractivity contribution is 5.42. The van der Waals surface area contributed by atoms with Gasteiger partial charge in [-0.1, -0.05) is 42.0 Å². The van der Waals surface area contributed by atoms with E-state index in [1.165, 1.54) is 28.7 Å². The summed E-state index contributed by atoms with van der Waals surface area (Å²) in [7, 11) is 1.76. The first-order valence-corrected chi connectivity index (χ1v) is 8.14. The predicted octanol–water partition coefficient (Wildman–Crippen LogP) is 4.21. The number of ether oxygens (including phenoxy) is 1. The van der Waals surface area contributed by atoms with E-state index >= 15 is 0 Å². The third-order valence-electron chi connectivity index (χ3n) is 4.72. The Hall–Kier alpha value is -1.80. The van der Waals surface area contributed by atoms with Crippen LogP contribution in [0.2, 0.25) is 0 Å². The van der Waals surface area contributed by atoms with Crippen LogP contribution in [0.1, 0.15) is 41.6 Å². The van der Waals surface area contributed by atoms with Crippen LogP contribution >= 0.6 is 0 Å². The molecule has 0 saturated heterocycles. The van der Waals surface area contributed by atoms with E-state index in [1.807, 2.05) is 0 Å². The molecule has 0 bridgehead atoms. The molecule has 1 aliphatic rings. The number of hydrogen-bond donors (Lipinski definition) is 1. The molecule has 2 aromatic carbocycles. The number of nitrogens with one attached hydrogen (secondary N) is 1. The molecular weight excluding hydrogens is 270 g/mol. The van der Waals surface area contributed by atoms with Gasteiger partial charge in [0, 0.05) is 12.1 Å². The van der Waals surface area contributed by atoms with Gasteiger partial charge in [0.1, 0.15) is 5.75 Å². The molecule has 0 fully saturated rings. The Labute approximate surface area is 133 Å². The summed E-state index contributed by atoms with van der Waals surface area (Å²) in [5.74, 6) is 1.04. The van der Waals surface area contributed by atoms with Crippen molar-refractivity contribution in [2.45, 2.75) is 45.2 Å². The molecule has 2 nitrogen and oxygen atoms in total. The maximum Gasteiger partial charge on any atom is 0.122 e. The lowest BCUT2D eigenvalue weighted by Crippen LogP contribution is -2.36. The quantitative estimate of drug-likeness (QED) is 0.912. The molecule has 0 aliphatic heterocycles. The largest absolute Gasteiger partial charge is 0.496 e. The second kappa shape index (κ2) is 6.53. The van der Waals surface area contributed by atoms with E-state index in [0.717, 1.165) is 18.6 Å². The van der Waals surface area contributed by atoms with Gasteiger partial charge in [-0.3, -0.25) is 0 Å². The summed E-state index contributed by atoms with van der Waals surface area (Å²) in [6.07, 6.45) is 3.35. The fourth-order valence-corrected chi connectivity index (χ4v) is 3.41. The minimum atomic E-state index is 0.387. The van der Waals surface area contributed by atoms with Gasteiger partial charge < -0.3 is 10.1 Å². The molecule has 1 N–H and O–H groups in total. The first-order chi connectivity index (χ1) is 10.7. The molecule has 116 valence electrons. The van der Waals surface area contributed by atoms with Gasteiger partial charge in [-0.25, -0.2) is 0 Å². The highest BCUT2D eigenvalue weighted by atomic mass is 16.5. The molecule has 0 amide bonds. The number of fused-ring (bicyclic) bond motifs is 1. The van der Waals surface area contributed by atoms with E-state index in [9.17, 15) is 0 Å². The van der Waals surface area contributed by atoms with Gasteiger partial charge in [0.15, 0.2) is 0 Å². The summed E-state index contributed by atoms with van der Waals surface area (Å²) < 4.78 is 5.49. The van der Waals surface area contributed by atoms with Crippen LogP contribution in [-0.2, 0) is 12.8 Å². The molecule has 2 aromatic rings. The van der Waals surface area contributed by atoms with E-state index in [2.05, 4.69) is 61.6 Å². The van der Waals surface area contributed by atoms with Crippen LogP contribution in [0.25, 0.3) is 0 Å². The Morgan fingerprint density at radius 2 is 1.91 bits per heavy atom. The monoisotopic (exact) mass is 295 g/mol. The minimum Gasteiger partial charge on any atom is -0.496 e. The fourth-order valence-electron chi connectivity index (χ4n) is 3.41. The fraction of sp³-hybridized carbons (Fsp3) is 0.400. The molecule has 2 heteroatoms. The van der Waals surface area contributed by atoms with Crippen molar-refractivity contribution in [2.75, 3.05) is 7.11 Å². The van der Waals surface area contributed by atoms with Crippen molar-refractivity contribution < 1.29 is 4.74 Å². The zero-order valence-electron chi connectivity index (χ0n) is 13.7. The molecule has 1 aliphatic carbocycles. The molecule has 22 heavy (non-hydrogen) atoms. The number of benzene rings is 2. The number of aryl methyl sites for hydroxylation is 1. The molecule has 0 saturated carbocycles. The first kappa shape index (κ1) is 15.1. The second-order valence-electron chi connectivity index (χ2n) is 6.34. The Kier molecular flexibility index (Phi) is 4.49. The number of hydrogen-bond acceptors (Lipinski definition) is 2. The van der Waals surface area contributed by atoms with Crippen LogP contribution in [0.3, 0.4) is 0 Å². The van der Waals surface area contributed by atoms with Crippen LogP contribution in [0.4, 0.5) is 0 Å². The highest BCUT2D eigenvalue weighted by Crippen LogP contribution is 2.30. The van der Waals surface area contributed by atoms with E-state index in [-0.39, 0.29) is 0 Å². The molecular formula is C20H25NO. The van der Waals surface area contributed by atoms with Crippen molar-refractivity contribution >= 4 is 0 Å². The lowest BCUT2D eigenvalue weighted by Gasteiger charge is -2.29. The van der Waals surface area contributed by atoms with Crippen molar-refractivity contribution in [2.24, 2.45) is 0 Å². The van der Waals surface area contributed by atoms with Crippen molar-refractivity contribution in [1.29, 1.82) is 0 Å². The van der Waals surface area contributed by atoms with E-state index < -0.39 is 0 Å². The van der Waals surface area contributed by atoms with Gasteiger partial charge in [0.25, 0.3) is 0 Å². The minimum absolute atomic E-state index is 0.387. The molecule has 2 atom stereocenters. The van der Waals surface area contributed by atoms with Gasteiger partial charge in [0.2, 0.25) is 0 Å². The van der Waals surface area contributed by atoms with Gasteiger partial charge in [-0.15, -0.1) is 0 Å². The molecule has 3 rings (SSSR count). The summed E-state index contributed by atoms with van der Waals surface area (Å²) in [4.78, 5) is 0. The summed E-state index contributed by atoms with van der Waals surface area (Å²) >= 11 is 0. The van der Waals surface area contributed by atoms with Gasteiger partial charge in [-0.05, 0) is 55.9 Å². The average Bonchev–Trinajstić information content (AvgIpc) is 2.54. The summed E-state index contributed by atoms with van der Waals surface area (Å²) in [6.45, 7) is 4.39. The van der Waals surface area contributed by atoms with Crippen molar-refractivity contribution in [3.05, 3.63) is 64.7 Å². The lowest BCUT2D eigenvalue weighted by molar-refractivity contribution is 0.386. The van der Waals surface area contributed by atoms with Crippen LogP contribution in [0.15, 0.2) is 42.5 Å². The summed E-state index contributed by atoms with van der Waals surface area (Å²) in [5, 5.41) is 3.79. The first-order valence-electron chi connectivity index (χ1n) is 8.14. The molecule has 0 radical (unpaired) electrons. The van der Waals surface area contributed by atoms with Crippen LogP contribution in [0, 0.1) is 6.92 Å². The molecule has 0 heterocycles. The van der Waals surface area contributed by atoms with E-state index in [1.54, 1.807) is 7.11 Å². The lowest BCUT2D eigenvalue weighted by atomic mass is 9.87. The zero-order chi connectivity index (χ0) is 15.5. The SMILES string of the molecule is COc1cccc2c1CCC(N[C@H](C)c1ccc(C)cc1)C2. The molecule has 0 spiro atoms. The maximum atomic E-state index is 5.49. The third-order valence-corrected chi connectivity index (χ3v) is 4.72. The van der Waals surface area contributed by atoms with Gasteiger partial charge in [-0.2, -0.15) is 0 Å². The van der Waals surface area contributed by atoms with Crippen LogP contribution < -0.4 is 10.1 Å². The van der Waals surface area contributed by atoms with Crippen LogP contribution in [-0.4, -0.2) is 13.2 Å². The van der Waals surface area contributed by atoms with Gasteiger partial charge in [0.05, 0.1) is 7.11 Å². The summed E-state index contributed by atoms with van der Waals surface area (Å²) in [5.41, 5.74) is 5.50. The zero-order valence-corrected chi connectivity index (χ0v) is 13.7. The predicted molar refractivity (Wildman–Crippen MR) is 91.5 cm³/mol. The highest BCUT2D eigenvalue weighted by Gasteiger charge is 2.22. The van der Waals surface area contributed by atoms with Crippen molar-refractivity contribution in [3.63, 3.8) is 0 Å². The van der Waals surface area contributed by atoms with Gasteiger partial charge >= 0.3 is 0 Å². The topological polar surface area (TPSA) is 21.3 Å². The average molecular weight is 295 g/mol. The Morgan fingerprint density at radius 3 is 2.64 bits per heavy atom. The Bertz CT molecular complexity index is 633. The van der Waals surface area contributed by atoms with E-state index in [0.29, 0.717) is 12.1 Å². The molecule has 0 aromatic heterocycles. The number of rotatable bonds is 4. The molecule has 1 unspecified atom stereocenters. The van der Waals surface area contributed by atoms with E-state index in [4.69, 9.17) is 4.74 Å². The third kappa shape index (κ3) is 3.17. The number of methoxy groups -OCH3 is 1.